The van der Waals surface area contributed by atoms with Crippen molar-refractivity contribution in [3.8, 4) is 0 Å². The van der Waals surface area contributed by atoms with Crippen molar-refractivity contribution < 1.29 is 33.4 Å². The number of carbonyl (C=O) groups excluding carboxylic acids is 4. The first-order valence-corrected chi connectivity index (χ1v) is 5.26. The summed E-state index contributed by atoms with van der Waals surface area (Å²) in [6.07, 6.45) is 1.74. The minimum Gasteiger partial charge on any atom is -0.469 e. The second kappa shape index (κ2) is 9.63. The molecule has 0 spiro atoms. The molecule has 0 heterocycles. The van der Waals surface area contributed by atoms with Gasteiger partial charge < -0.3 is 19.5 Å². The Morgan fingerprint density at radius 2 is 1.63 bits per heavy atom. The molecule has 1 amide bonds. The fourth-order valence-electron chi connectivity index (χ4n) is 0.846. The summed E-state index contributed by atoms with van der Waals surface area (Å²) in [5.74, 6) is -2.59. The molecule has 0 aliphatic heterocycles. The van der Waals surface area contributed by atoms with Crippen molar-refractivity contribution in [2.45, 2.75) is 6.42 Å². The lowest BCUT2D eigenvalue weighted by Crippen LogP contribution is -2.30. The number of carbonyl (C=O) groups is 4. The van der Waals surface area contributed by atoms with Crippen LogP contribution in [0.1, 0.15) is 6.42 Å². The first kappa shape index (κ1) is 16.6. The maximum absolute atomic E-state index is 11.2. The van der Waals surface area contributed by atoms with Gasteiger partial charge in [-0.2, -0.15) is 0 Å². The van der Waals surface area contributed by atoms with Crippen molar-refractivity contribution in [1.82, 2.24) is 5.32 Å². The second-order valence-corrected chi connectivity index (χ2v) is 3.14. The highest BCUT2D eigenvalue weighted by atomic mass is 16.5. The molecule has 0 saturated heterocycles. The van der Waals surface area contributed by atoms with Crippen molar-refractivity contribution >= 4 is 23.8 Å². The van der Waals surface area contributed by atoms with Crippen LogP contribution in [0.4, 0.5) is 0 Å². The van der Waals surface area contributed by atoms with Crippen molar-refractivity contribution in [2.24, 2.45) is 0 Å². The van der Waals surface area contributed by atoms with Gasteiger partial charge in [-0.3, -0.25) is 9.59 Å². The fraction of sp³-hybridized carbons (Fsp3) is 0.455. The summed E-state index contributed by atoms with van der Waals surface area (Å²) in [5.41, 5.74) is 0. The normalized spacial score (nSPS) is 9.79. The average molecular weight is 273 g/mol. The Morgan fingerprint density at radius 1 is 1.00 bits per heavy atom. The largest absolute Gasteiger partial charge is 0.469 e. The Balaban J connectivity index is 3.78. The highest BCUT2D eigenvalue weighted by molar-refractivity contribution is 5.92. The summed E-state index contributed by atoms with van der Waals surface area (Å²) in [6.45, 7) is -0.424. The number of methoxy groups -OCH3 is 2. The quantitative estimate of drug-likeness (QED) is 0.357. The van der Waals surface area contributed by atoms with Crippen LogP contribution in [0, 0.1) is 0 Å². The fourth-order valence-corrected chi connectivity index (χ4v) is 0.846. The lowest BCUT2D eigenvalue weighted by Gasteiger charge is -2.04. The zero-order chi connectivity index (χ0) is 14.7. The Labute approximate surface area is 109 Å². The molecule has 8 heteroatoms. The smallest absolute Gasteiger partial charge is 0.331 e. The Hall–Kier alpha value is -2.38. The predicted molar refractivity (Wildman–Crippen MR) is 61.8 cm³/mol. The first-order valence-electron chi connectivity index (χ1n) is 5.26. The van der Waals surface area contributed by atoms with E-state index in [9.17, 15) is 19.2 Å². The van der Waals surface area contributed by atoms with Gasteiger partial charge in [-0.15, -0.1) is 0 Å². The third-order valence-corrected chi connectivity index (χ3v) is 1.78. The summed E-state index contributed by atoms with van der Waals surface area (Å²) in [6, 6.07) is 0. The molecule has 0 aromatic heterocycles. The summed E-state index contributed by atoms with van der Waals surface area (Å²) in [5, 5.41) is 2.35. The van der Waals surface area contributed by atoms with Gasteiger partial charge in [-0.05, 0) is 0 Å². The predicted octanol–water partition coefficient (Wildman–Crippen LogP) is -1.06. The van der Waals surface area contributed by atoms with Gasteiger partial charge in [0.1, 0.15) is 0 Å². The molecule has 0 aromatic carbocycles. The molecule has 0 rings (SSSR count). The van der Waals surface area contributed by atoms with Gasteiger partial charge in [0.15, 0.2) is 6.61 Å². The van der Waals surface area contributed by atoms with E-state index in [1.807, 2.05) is 0 Å². The van der Waals surface area contributed by atoms with E-state index in [1.54, 1.807) is 0 Å². The third kappa shape index (κ3) is 9.33. The van der Waals surface area contributed by atoms with Crippen LogP contribution in [-0.4, -0.2) is 51.2 Å². The zero-order valence-electron chi connectivity index (χ0n) is 10.6. The summed E-state index contributed by atoms with van der Waals surface area (Å²) in [7, 11) is 2.40. The van der Waals surface area contributed by atoms with Crippen LogP contribution in [0.15, 0.2) is 12.2 Å². The number of nitrogens with one attached hydrogen (secondary N) is 1. The van der Waals surface area contributed by atoms with Gasteiger partial charge in [0.05, 0.1) is 20.6 Å². The Bertz CT molecular complexity index is 375. The second-order valence-electron chi connectivity index (χ2n) is 3.14. The molecule has 0 radical (unpaired) electrons. The van der Waals surface area contributed by atoms with E-state index in [-0.39, 0.29) is 13.0 Å². The van der Waals surface area contributed by atoms with Gasteiger partial charge in [0, 0.05) is 18.7 Å². The van der Waals surface area contributed by atoms with Crippen LogP contribution in [0.25, 0.3) is 0 Å². The van der Waals surface area contributed by atoms with Crippen LogP contribution in [0.2, 0.25) is 0 Å². The molecule has 0 unspecified atom stereocenters. The van der Waals surface area contributed by atoms with Crippen LogP contribution < -0.4 is 5.32 Å². The molecular formula is C11H15NO7. The molecule has 0 aromatic rings. The number of ether oxygens (including phenoxy) is 3. The van der Waals surface area contributed by atoms with E-state index in [0.29, 0.717) is 0 Å². The van der Waals surface area contributed by atoms with Crippen molar-refractivity contribution in [1.29, 1.82) is 0 Å². The minimum atomic E-state index is -0.853. The molecule has 1 N–H and O–H groups in total. The third-order valence-electron chi connectivity index (χ3n) is 1.78. The average Bonchev–Trinajstić information content (AvgIpc) is 2.41. The number of hydrogen-bond donors (Lipinski definition) is 1. The summed E-state index contributed by atoms with van der Waals surface area (Å²) < 4.78 is 13.1. The minimum absolute atomic E-state index is 0.0262. The maximum atomic E-state index is 11.2. The van der Waals surface area contributed by atoms with Crippen LogP contribution in [0.3, 0.4) is 0 Å². The first-order chi connectivity index (χ1) is 8.99. The van der Waals surface area contributed by atoms with Gasteiger partial charge in [-0.1, -0.05) is 0 Å². The molecule has 0 aliphatic carbocycles. The topological polar surface area (TPSA) is 108 Å². The molecule has 8 nitrogen and oxygen atoms in total. The van der Waals surface area contributed by atoms with E-state index >= 15 is 0 Å². The zero-order valence-corrected chi connectivity index (χ0v) is 10.6. The van der Waals surface area contributed by atoms with E-state index in [2.05, 4.69) is 19.5 Å². The molecule has 0 fully saturated rings. The Morgan fingerprint density at radius 3 is 2.21 bits per heavy atom. The van der Waals surface area contributed by atoms with E-state index in [0.717, 1.165) is 19.3 Å². The molecule has 106 valence electrons. The van der Waals surface area contributed by atoms with Crippen LogP contribution >= 0.6 is 0 Å². The number of rotatable bonds is 7. The monoisotopic (exact) mass is 273 g/mol. The van der Waals surface area contributed by atoms with Crippen LogP contribution in [0.5, 0.6) is 0 Å². The van der Waals surface area contributed by atoms with Crippen molar-refractivity contribution in [3.63, 3.8) is 0 Å². The van der Waals surface area contributed by atoms with E-state index < -0.39 is 30.4 Å². The van der Waals surface area contributed by atoms with Gasteiger partial charge in [0.2, 0.25) is 0 Å². The molecule has 0 aliphatic rings. The highest BCUT2D eigenvalue weighted by Gasteiger charge is 2.06. The number of amides is 1. The van der Waals surface area contributed by atoms with Crippen molar-refractivity contribution in [2.75, 3.05) is 27.4 Å². The molecular weight excluding hydrogens is 258 g/mol. The number of esters is 3. The lowest BCUT2D eigenvalue weighted by molar-refractivity contribution is -0.144. The molecule has 19 heavy (non-hydrogen) atoms. The standard InChI is InChI=1S/C11H15NO7/c1-17-9(14)3-4-11(16)19-7-8(13)12-6-5-10(15)18-2/h3-4H,5-7H2,1-2H3,(H,12,13)/b4-3+. The van der Waals surface area contributed by atoms with Gasteiger partial charge in [0.25, 0.3) is 5.91 Å². The van der Waals surface area contributed by atoms with E-state index in [1.165, 1.54) is 7.11 Å². The summed E-state index contributed by atoms with van der Waals surface area (Å²) >= 11 is 0. The lowest BCUT2D eigenvalue weighted by atomic mass is 10.4. The number of hydrogen-bond acceptors (Lipinski definition) is 7. The molecule has 0 atom stereocenters. The SMILES string of the molecule is COC(=O)/C=C/C(=O)OCC(=O)NCCC(=O)OC. The van der Waals surface area contributed by atoms with Crippen LogP contribution in [-0.2, 0) is 33.4 Å². The summed E-state index contributed by atoms with van der Waals surface area (Å²) in [4.78, 5) is 43.6. The van der Waals surface area contributed by atoms with Gasteiger partial charge >= 0.3 is 17.9 Å². The highest BCUT2D eigenvalue weighted by Crippen LogP contribution is 1.85. The molecule has 0 bridgehead atoms. The van der Waals surface area contributed by atoms with Gasteiger partial charge in [-0.25, -0.2) is 9.59 Å². The maximum Gasteiger partial charge on any atom is 0.331 e. The Kier molecular flexibility index (Phi) is 8.42. The van der Waals surface area contributed by atoms with Crippen molar-refractivity contribution in [3.05, 3.63) is 12.2 Å². The molecule has 0 saturated carbocycles. The van der Waals surface area contributed by atoms with E-state index in [4.69, 9.17) is 0 Å².